The van der Waals surface area contributed by atoms with Crippen molar-refractivity contribution < 1.29 is 15.0 Å². The highest BCUT2D eigenvalue weighted by atomic mass is 16.4. The monoisotopic (exact) mass is 482 g/mol. The second-order valence-corrected chi connectivity index (χ2v) is 10.7. The van der Waals surface area contributed by atoms with Crippen LogP contribution in [0.15, 0.2) is 72.9 Å². The smallest absolute Gasteiger partial charge is 0.328 e. The summed E-state index contributed by atoms with van der Waals surface area (Å²) in [6.07, 6.45) is 36.3. The predicted molar refractivity (Wildman–Crippen MR) is 150 cm³/mol. The van der Waals surface area contributed by atoms with Crippen LogP contribution in [0, 0.1) is 16.7 Å². The van der Waals surface area contributed by atoms with Crippen LogP contribution in [0.25, 0.3) is 0 Å². The van der Waals surface area contributed by atoms with E-state index in [1.165, 1.54) is 63.9 Å². The molecule has 2 saturated carbocycles. The van der Waals surface area contributed by atoms with Gasteiger partial charge >= 0.3 is 5.97 Å². The number of aliphatic hydroxyl groups excluding tert-OH is 1. The molecule has 0 radical (unpaired) electrons. The van der Waals surface area contributed by atoms with Crippen LogP contribution in [0.5, 0.6) is 0 Å². The van der Waals surface area contributed by atoms with E-state index in [2.05, 4.69) is 39.8 Å². The highest BCUT2D eigenvalue weighted by Crippen LogP contribution is 2.65. The maximum absolute atomic E-state index is 10.2. The van der Waals surface area contributed by atoms with Crippen LogP contribution < -0.4 is 0 Å². The zero-order valence-electron chi connectivity index (χ0n) is 22.7. The standard InChI is InChI=1S/C22H32O2.C10H18O/c1-2-3-4-5-6-7-8-9-10-11-12-13-14-15-16-17-18-19-20-21-22(23)24;1-9(2)7-4-5-10(9,3)8(11)6-7/h10-21H,2-9H2,1H3,(H,23,24);7-8,11H,4-6H2,1-3H3/t;7-,8+,10-/m.1/s1. The topological polar surface area (TPSA) is 57.5 Å². The zero-order valence-corrected chi connectivity index (χ0v) is 22.7. The van der Waals surface area contributed by atoms with Gasteiger partial charge in [0.05, 0.1) is 6.10 Å². The fourth-order valence-electron chi connectivity index (χ4n) is 5.21. The molecular formula is C32H50O3. The van der Waals surface area contributed by atoms with Crippen molar-refractivity contribution in [1.29, 1.82) is 0 Å². The van der Waals surface area contributed by atoms with Gasteiger partial charge in [0.15, 0.2) is 0 Å². The lowest BCUT2D eigenvalue weighted by Crippen LogP contribution is -2.35. The second-order valence-electron chi connectivity index (χ2n) is 10.7. The summed E-state index contributed by atoms with van der Waals surface area (Å²) in [4.78, 5) is 10.2. The Morgan fingerprint density at radius 2 is 1.31 bits per heavy atom. The molecule has 2 aliphatic carbocycles. The van der Waals surface area contributed by atoms with E-state index in [1.807, 2.05) is 36.5 Å². The van der Waals surface area contributed by atoms with Gasteiger partial charge in [0, 0.05) is 6.08 Å². The summed E-state index contributed by atoms with van der Waals surface area (Å²) < 4.78 is 0. The van der Waals surface area contributed by atoms with E-state index < -0.39 is 5.97 Å². The summed E-state index contributed by atoms with van der Waals surface area (Å²) in [6, 6.07) is 0. The Balaban J connectivity index is 0.000000453. The van der Waals surface area contributed by atoms with Crippen molar-refractivity contribution in [2.75, 3.05) is 0 Å². The summed E-state index contributed by atoms with van der Waals surface area (Å²) >= 11 is 0. The number of aliphatic carboxylic acids is 1. The highest BCUT2D eigenvalue weighted by molar-refractivity contribution is 5.80. The number of hydrogen-bond donors (Lipinski definition) is 2. The van der Waals surface area contributed by atoms with Crippen molar-refractivity contribution in [1.82, 2.24) is 0 Å². The molecule has 3 nitrogen and oxygen atoms in total. The lowest BCUT2D eigenvalue weighted by Gasteiger charge is -2.36. The number of fused-ring (bicyclic) bond motifs is 2. The third-order valence-electron chi connectivity index (χ3n) is 8.10. The first-order valence-electron chi connectivity index (χ1n) is 13.7. The molecule has 196 valence electrons. The molecule has 0 aromatic rings. The van der Waals surface area contributed by atoms with Gasteiger partial charge in [-0.05, 0) is 48.9 Å². The first-order valence-corrected chi connectivity index (χ1v) is 13.7. The minimum Gasteiger partial charge on any atom is -0.478 e. The van der Waals surface area contributed by atoms with Crippen molar-refractivity contribution in [2.45, 2.75) is 104 Å². The van der Waals surface area contributed by atoms with E-state index in [4.69, 9.17) is 5.11 Å². The quantitative estimate of drug-likeness (QED) is 0.148. The number of carbonyl (C=O) groups is 1. The molecule has 0 spiro atoms. The molecule has 2 fully saturated rings. The molecule has 2 N–H and O–H groups in total. The first-order chi connectivity index (χ1) is 16.8. The van der Waals surface area contributed by atoms with E-state index in [0.717, 1.165) is 24.8 Å². The molecular weight excluding hydrogens is 432 g/mol. The maximum Gasteiger partial charge on any atom is 0.328 e. The highest BCUT2D eigenvalue weighted by Gasteiger charge is 2.60. The molecule has 2 aliphatic rings. The van der Waals surface area contributed by atoms with Crippen LogP contribution in [0.2, 0.25) is 0 Å². The number of allylic oxidation sites excluding steroid dienone is 11. The van der Waals surface area contributed by atoms with Gasteiger partial charge in [-0.2, -0.15) is 0 Å². The first kappa shape index (κ1) is 30.9. The SMILES string of the molecule is CC1(C)[C@@H]2CC[C@]1(C)[C@@H](O)C2.CCCCCCCCCC=CC=CC=CC=CC=CC=CC(=O)O. The minimum atomic E-state index is -0.936. The van der Waals surface area contributed by atoms with Crippen LogP contribution in [0.4, 0.5) is 0 Å². The third kappa shape index (κ3) is 11.4. The van der Waals surface area contributed by atoms with Crippen LogP contribution in [0.3, 0.4) is 0 Å². The van der Waals surface area contributed by atoms with Gasteiger partial charge in [0.2, 0.25) is 0 Å². The Hall–Kier alpha value is -2.13. The average molecular weight is 483 g/mol. The number of unbranched alkanes of at least 4 members (excludes halogenated alkanes) is 7. The Bertz CT molecular complexity index is 766. The van der Waals surface area contributed by atoms with Gasteiger partial charge in [-0.3, -0.25) is 0 Å². The van der Waals surface area contributed by atoms with Crippen molar-refractivity contribution >= 4 is 5.97 Å². The molecule has 3 heteroatoms. The zero-order chi connectivity index (χ0) is 26.0. The molecule has 3 atom stereocenters. The Morgan fingerprint density at radius 3 is 1.74 bits per heavy atom. The van der Waals surface area contributed by atoms with Crippen molar-refractivity contribution in [3.63, 3.8) is 0 Å². The molecule has 0 aromatic carbocycles. The fourth-order valence-corrected chi connectivity index (χ4v) is 5.21. The summed E-state index contributed by atoms with van der Waals surface area (Å²) in [5, 5.41) is 18.2. The molecule has 2 rings (SSSR count). The molecule has 35 heavy (non-hydrogen) atoms. The van der Waals surface area contributed by atoms with E-state index in [0.29, 0.717) is 5.41 Å². The van der Waals surface area contributed by atoms with Crippen LogP contribution in [-0.2, 0) is 4.79 Å². The number of carboxylic acids is 1. The molecule has 0 saturated heterocycles. The van der Waals surface area contributed by atoms with Crippen LogP contribution in [0.1, 0.15) is 98.3 Å². The molecule has 0 heterocycles. The van der Waals surface area contributed by atoms with Crippen LogP contribution >= 0.6 is 0 Å². The lowest BCUT2D eigenvalue weighted by molar-refractivity contribution is -0.131. The van der Waals surface area contributed by atoms with Crippen molar-refractivity contribution in [3.05, 3.63) is 72.9 Å². The number of hydrogen-bond acceptors (Lipinski definition) is 2. The van der Waals surface area contributed by atoms with Gasteiger partial charge in [-0.1, -0.05) is 133 Å². The van der Waals surface area contributed by atoms with Gasteiger partial charge in [0.1, 0.15) is 0 Å². The Morgan fingerprint density at radius 1 is 0.800 bits per heavy atom. The summed E-state index contributed by atoms with van der Waals surface area (Å²) in [5.74, 6) is -0.156. The van der Waals surface area contributed by atoms with E-state index in [-0.39, 0.29) is 11.5 Å². The largest absolute Gasteiger partial charge is 0.478 e. The molecule has 0 aliphatic heterocycles. The number of aliphatic hydroxyl groups is 1. The van der Waals surface area contributed by atoms with Crippen LogP contribution in [-0.4, -0.2) is 22.3 Å². The van der Waals surface area contributed by atoms with Gasteiger partial charge in [-0.25, -0.2) is 4.79 Å². The maximum atomic E-state index is 10.2. The molecule has 0 unspecified atom stereocenters. The fraction of sp³-hybridized carbons (Fsp3) is 0.594. The van der Waals surface area contributed by atoms with Crippen molar-refractivity contribution in [2.24, 2.45) is 16.7 Å². The summed E-state index contributed by atoms with van der Waals surface area (Å²) in [6.45, 7) is 9.15. The lowest BCUT2D eigenvalue weighted by atomic mass is 9.70. The average Bonchev–Trinajstić information content (AvgIpc) is 3.14. The number of rotatable bonds is 14. The Kier molecular flexibility index (Phi) is 15.3. The molecule has 0 aromatic heterocycles. The predicted octanol–water partition coefficient (Wildman–Crippen LogP) is 8.74. The van der Waals surface area contributed by atoms with Gasteiger partial charge in [0.25, 0.3) is 0 Å². The van der Waals surface area contributed by atoms with Gasteiger partial charge in [-0.15, -0.1) is 0 Å². The summed E-state index contributed by atoms with van der Waals surface area (Å²) in [7, 11) is 0. The van der Waals surface area contributed by atoms with Crippen molar-refractivity contribution in [3.8, 4) is 0 Å². The van der Waals surface area contributed by atoms with E-state index in [9.17, 15) is 9.90 Å². The third-order valence-corrected chi connectivity index (χ3v) is 8.10. The van der Waals surface area contributed by atoms with E-state index >= 15 is 0 Å². The summed E-state index contributed by atoms with van der Waals surface area (Å²) in [5.41, 5.74) is 0.601. The number of carboxylic acid groups (broad SMARTS) is 1. The van der Waals surface area contributed by atoms with E-state index in [1.54, 1.807) is 12.2 Å². The molecule has 0 amide bonds. The minimum absolute atomic E-state index is 0.0313. The van der Waals surface area contributed by atoms with Gasteiger partial charge < -0.3 is 10.2 Å². The second kappa shape index (κ2) is 17.3. The Labute approximate surface area is 215 Å². The molecule has 2 bridgehead atoms. The normalized spacial score (nSPS) is 25.7.